The van der Waals surface area contributed by atoms with E-state index in [4.69, 9.17) is 4.42 Å². The van der Waals surface area contributed by atoms with Crippen LogP contribution in [0.25, 0.3) is 73.4 Å². The monoisotopic (exact) mass is 691 g/mol. The third-order valence-corrected chi connectivity index (χ3v) is 10.1. The van der Waals surface area contributed by atoms with Crippen molar-refractivity contribution in [3.63, 3.8) is 0 Å². The Morgan fingerprint density at radius 2 is 0.926 bits per heavy atom. The van der Waals surface area contributed by atoms with Crippen LogP contribution in [0.3, 0.4) is 0 Å². The summed E-state index contributed by atoms with van der Waals surface area (Å²) in [5.41, 5.74) is 13.2. The van der Waals surface area contributed by atoms with Crippen LogP contribution in [0.1, 0.15) is 16.9 Å². The molecule has 1 aromatic heterocycles. The van der Waals surface area contributed by atoms with Crippen LogP contribution in [0.2, 0.25) is 0 Å². The van der Waals surface area contributed by atoms with E-state index in [1.807, 2.05) is 6.08 Å². The van der Waals surface area contributed by atoms with E-state index < -0.39 is 0 Å². The van der Waals surface area contributed by atoms with Crippen LogP contribution in [-0.2, 0) is 0 Å². The zero-order valence-electron chi connectivity index (χ0n) is 29.8. The smallest absolute Gasteiger partial charge is 0.143 e. The van der Waals surface area contributed by atoms with Crippen molar-refractivity contribution < 1.29 is 4.42 Å². The molecule has 0 N–H and O–H groups in total. The number of furan rings is 1. The number of fused-ring (bicyclic) bond motifs is 3. The molecule has 0 fully saturated rings. The topological polar surface area (TPSA) is 16.4 Å². The molecule has 256 valence electrons. The molecule has 1 heterocycles. The lowest BCUT2D eigenvalue weighted by Gasteiger charge is -2.31. The predicted molar refractivity (Wildman–Crippen MR) is 230 cm³/mol. The van der Waals surface area contributed by atoms with Gasteiger partial charge in [0.05, 0.1) is 17.1 Å². The summed E-state index contributed by atoms with van der Waals surface area (Å²) in [5, 5.41) is 3.31. The zero-order valence-corrected chi connectivity index (χ0v) is 29.8. The van der Waals surface area contributed by atoms with Crippen molar-refractivity contribution in [3.05, 3.63) is 218 Å². The summed E-state index contributed by atoms with van der Waals surface area (Å²) in [6, 6.07) is 68.8. The Hall–Kier alpha value is -7.16. The van der Waals surface area contributed by atoms with E-state index in [1.54, 1.807) is 0 Å². The molecule has 0 amide bonds. The number of anilines is 3. The summed E-state index contributed by atoms with van der Waals surface area (Å²) in [6.07, 6.45) is 6.19. The van der Waals surface area contributed by atoms with Crippen LogP contribution >= 0.6 is 0 Å². The molecule has 0 radical (unpaired) electrons. The first-order valence-corrected chi connectivity index (χ1v) is 18.3. The largest absolute Gasteiger partial charge is 0.455 e. The highest BCUT2D eigenvalue weighted by Gasteiger charge is 2.22. The molecule has 0 aliphatic rings. The van der Waals surface area contributed by atoms with Gasteiger partial charge in [0.25, 0.3) is 0 Å². The van der Waals surface area contributed by atoms with Crippen LogP contribution in [0, 0.1) is 0 Å². The van der Waals surface area contributed by atoms with Crippen molar-refractivity contribution in [3.8, 4) is 33.4 Å². The van der Waals surface area contributed by atoms with Gasteiger partial charge >= 0.3 is 0 Å². The normalized spacial score (nSPS) is 11.3. The van der Waals surface area contributed by atoms with Crippen LogP contribution < -0.4 is 4.90 Å². The molecule has 0 aliphatic heterocycles. The predicted octanol–water partition coefficient (Wildman–Crippen LogP) is 14.9. The lowest BCUT2D eigenvalue weighted by atomic mass is 9.96. The molecule has 0 saturated carbocycles. The highest BCUT2D eigenvalue weighted by Crippen LogP contribution is 2.46. The summed E-state index contributed by atoms with van der Waals surface area (Å²) in [7, 11) is 0. The van der Waals surface area contributed by atoms with Gasteiger partial charge in [-0.05, 0) is 69.6 Å². The van der Waals surface area contributed by atoms with Crippen LogP contribution in [-0.4, -0.2) is 0 Å². The third-order valence-electron chi connectivity index (χ3n) is 10.1. The summed E-state index contributed by atoms with van der Waals surface area (Å²) in [6.45, 7) is 4.11. The first kappa shape index (κ1) is 32.7. The average molecular weight is 692 g/mol. The molecule has 0 saturated heterocycles. The molecule has 8 aromatic carbocycles. The highest BCUT2D eigenvalue weighted by atomic mass is 16.3. The summed E-state index contributed by atoms with van der Waals surface area (Å²) < 4.78 is 6.45. The molecule has 54 heavy (non-hydrogen) atoms. The molecule has 2 heteroatoms. The fraction of sp³-hybridized carbons (Fsp3) is 0. The van der Waals surface area contributed by atoms with Crippen molar-refractivity contribution in [1.29, 1.82) is 0 Å². The number of benzene rings is 8. The fourth-order valence-corrected chi connectivity index (χ4v) is 7.50. The van der Waals surface area contributed by atoms with Crippen molar-refractivity contribution in [1.82, 2.24) is 0 Å². The third kappa shape index (κ3) is 6.10. The van der Waals surface area contributed by atoms with Gasteiger partial charge in [0.15, 0.2) is 0 Å². The minimum Gasteiger partial charge on any atom is -0.455 e. The maximum atomic E-state index is 6.45. The van der Waals surface area contributed by atoms with Gasteiger partial charge in [0.1, 0.15) is 11.3 Å². The van der Waals surface area contributed by atoms with Gasteiger partial charge in [0.2, 0.25) is 0 Å². The number of para-hydroxylation sites is 3. The molecule has 0 unspecified atom stereocenters. The highest BCUT2D eigenvalue weighted by molar-refractivity contribution is 6.09. The van der Waals surface area contributed by atoms with Gasteiger partial charge in [-0.25, -0.2) is 0 Å². The van der Waals surface area contributed by atoms with Crippen LogP contribution in [0.15, 0.2) is 205 Å². The van der Waals surface area contributed by atoms with E-state index in [1.165, 1.54) is 11.1 Å². The maximum Gasteiger partial charge on any atom is 0.143 e. The Kier molecular flexibility index (Phi) is 8.76. The van der Waals surface area contributed by atoms with Gasteiger partial charge in [-0.15, -0.1) is 0 Å². The van der Waals surface area contributed by atoms with Crippen molar-refractivity contribution in [2.24, 2.45) is 0 Å². The van der Waals surface area contributed by atoms with Crippen molar-refractivity contribution in [2.45, 2.75) is 0 Å². The van der Waals surface area contributed by atoms with Crippen molar-refractivity contribution in [2.75, 3.05) is 4.90 Å². The van der Waals surface area contributed by atoms with E-state index in [-0.39, 0.29) is 0 Å². The van der Waals surface area contributed by atoms with Gasteiger partial charge in [-0.3, -0.25) is 0 Å². The summed E-state index contributed by atoms with van der Waals surface area (Å²) >= 11 is 0. The molecule has 2 nitrogen and oxygen atoms in total. The number of hydrogen-bond acceptors (Lipinski definition) is 2. The van der Waals surface area contributed by atoms with Gasteiger partial charge in [-0.1, -0.05) is 183 Å². The summed E-state index contributed by atoms with van der Waals surface area (Å²) in [4.78, 5) is 2.41. The summed E-state index contributed by atoms with van der Waals surface area (Å²) in [5.74, 6) is 0.755. The Morgan fingerprint density at radius 1 is 0.407 bits per heavy atom. The second-order valence-corrected chi connectivity index (χ2v) is 13.3. The molecule has 0 atom stereocenters. The first-order valence-electron chi connectivity index (χ1n) is 18.3. The Morgan fingerprint density at radius 3 is 1.61 bits per heavy atom. The molecular formula is C52H37NO. The number of rotatable bonds is 9. The maximum absolute atomic E-state index is 6.45. The van der Waals surface area contributed by atoms with Gasteiger partial charge in [-0.2, -0.15) is 0 Å². The Labute approximate surface area is 316 Å². The second kappa shape index (κ2) is 14.5. The lowest BCUT2D eigenvalue weighted by Crippen LogP contribution is -2.13. The van der Waals surface area contributed by atoms with E-state index in [2.05, 4.69) is 218 Å². The molecule has 0 bridgehead atoms. The zero-order chi connectivity index (χ0) is 36.3. The van der Waals surface area contributed by atoms with Crippen LogP contribution in [0.5, 0.6) is 0 Å². The second-order valence-electron chi connectivity index (χ2n) is 13.3. The SMILES string of the molecule is C=Cc1oc2c(ccc3ccccc32)c1/C=C/c1ccccc1N(c1ccccc1-c1ccccc1)c1ccccc1-c1ccc(-c2ccccc2)cc1. The minimum absolute atomic E-state index is 0.755. The first-order chi connectivity index (χ1) is 26.8. The number of nitrogens with zero attached hydrogens (tertiary/aromatic N) is 1. The lowest BCUT2D eigenvalue weighted by molar-refractivity contribution is 0.607. The Balaban J connectivity index is 1.22. The van der Waals surface area contributed by atoms with Gasteiger partial charge < -0.3 is 9.32 Å². The van der Waals surface area contributed by atoms with Crippen LogP contribution in [0.4, 0.5) is 17.1 Å². The molecule has 9 aromatic rings. The van der Waals surface area contributed by atoms with Crippen molar-refractivity contribution >= 4 is 57.0 Å². The molecule has 0 aliphatic carbocycles. The molecular weight excluding hydrogens is 655 g/mol. The fourth-order valence-electron chi connectivity index (χ4n) is 7.50. The molecule has 0 spiro atoms. The van der Waals surface area contributed by atoms with E-state index in [0.717, 1.165) is 77.9 Å². The minimum atomic E-state index is 0.755. The van der Waals surface area contributed by atoms with E-state index in [0.29, 0.717) is 0 Å². The standard InChI is InChI=1S/C52H37NO/c1-2-51-46(47-36-33-40-21-9-11-25-45(40)52(47)54-51)35-34-42-22-10-14-26-48(42)53(49-27-15-12-23-43(49)39-19-7-4-8-20-39)50-28-16-13-24-44(50)41-31-29-38(30-32-41)37-17-5-3-6-18-37/h2-36H,1H2/b35-34+. The average Bonchev–Trinajstić information content (AvgIpc) is 3.62. The van der Waals surface area contributed by atoms with E-state index in [9.17, 15) is 0 Å². The Bertz CT molecular complexity index is 2770. The van der Waals surface area contributed by atoms with Gasteiger partial charge in [0, 0.05) is 27.5 Å². The van der Waals surface area contributed by atoms with E-state index >= 15 is 0 Å². The number of hydrogen-bond donors (Lipinski definition) is 0. The molecule has 9 rings (SSSR count). The quantitative estimate of drug-likeness (QED) is 0.150.